The molecule has 1 aliphatic rings. The highest BCUT2D eigenvalue weighted by Crippen LogP contribution is 2.26. The summed E-state index contributed by atoms with van der Waals surface area (Å²) in [6.07, 6.45) is 6.55. The number of hydrogen-bond acceptors (Lipinski definition) is 2. The van der Waals surface area contributed by atoms with Crippen molar-refractivity contribution in [1.82, 2.24) is 0 Å². The molecule has 0 saturated carbocycles. The minimum Gasteiger partial charge on any atom is -0.326 e. The Balaban J connectivity index is 1.68. The summed E-state index contributed by atoms with van der Waals surface area (Å²) < 4.78 is 0. The largest absolute Gasteiger partial charge is 0.326 e. The molecule has 1 saturated heterocycles. The van der Waals surface area contributed by atoms with Crippen molar-refractivity contribution in [2.24, 2.45) is 5.92 Å². The highest BCUT2D eigenvalue weighted by atomic mass is 16.2. The van der Waals surface area contributed by atoms with Crippen LogP contribution in [0.1, 0.15) is 24.5 Å². The first-order valence-corrected chi connectivity index (χ1v) is 8.37. The monoisotopic (exact) mass is 332 g/mol. The third-order valence-corrected chi connectivity index (χ3v) is 4.45. The Kier molecular flexibility index (Phi) is 4.85. The molecule has 4 nitrogen and oxygen atoms in total. The number of nitrogens with zero attached hydrogens (tertiary/aromatic N) is 1. The van der Waals surface area contributed by atoms with Crippen LogP contribution in [-0.4, -0.2) is 18.4 Å². The van der Waals surface area contributed by atoms with Crippen LogP contribution < -0.4 is 10.2 Å². The maximum absolute atomic E-state index is 12.5. The van der Waals surface area contributed by atoms with Gasteiger partial charge in [0.2, 0.25) is 11.8 Å². The standard InChI is InChI=1S/C21H20N2O2/c1-3-15-8-10-19(11-9-15)23-14-17(13-20(23)24)21(25)22-18-7-5-6-16(4-2)12-18/h2,5-12,17H,3,13-14H2,1H3,(H,22,25). The second-order valence-electron chi connectivity index (χ2n) is 6.14. The van der Waals surface area contributed by atoms with Crippen LogP contribution in [0.5, 0.6) is 0 Å². The Labute approximate surface area is 147 Å². The van der Waals surface area contributed by atoms with Crippen LogP contribution in [0.15, 0.2) is 48.5 Å². The fourth-order valence-corrected chi connectivity index (χ4v) is 2.98. The van der Waals surface area contributed by atoms with E-state index < -0.39 is 0 Å². The molecule has 1 heterocycles. The van der Waals surface area contributed by atoms with Gasteiger partial charge >= 0.3 is 0 Å². The minimum atomic E-state index is -0.368. The second-order valence-corrected chi connectivity index (χ2v) is 6.14. The first-order chi connectivity index (χ1) is 12.1. The molecule has 1 fully saturated rings. The zero-order chi connectivity index (χ0) is 17.8. The quantitative estimate of drug-likeness (QED) is 0.874. The second kappa shape index (κ2) is 7.23. The van der Waals surface area contributed by atoms with Gasteiger partial charge in [0.15, 0.2) is 0 Å². The summed E-state index contributed by atoms with van der Waals surface area (Å²) in [7, 11) is 0. The number of rotatable bonds is 4. The summed E-state index contributed by atoms with van der Waals surface area (Å²) in [5.41, 5.74) is 3.42. The molecule has 1 aliphatic heterocycles. The van der Waals surface area contributed by atoms with Gasteiger partial charge in [-0.25, -0.2) is 0 Å². The third-order valence-electron chi connectivity index (χ3n) is 4.45. The molecule has 0 spiro atoms. The lowest BCUT2D eigenvalue weighted by Crippen LogP contribution is -2.28. The van der Waals surface area contributed by atoms with E-state index in [4.69, 9.17) is 6.42 Å². The van der Waals surface area contributed by atoms with Gasteiger partial charge in [0.25, 0.3) is 0 Å². The molecule has 1 unspecified atom stereocenters. The van der Waals surface area contributed by atoms with E-state index in [-0.39, 0.29) is 24.2 Å². The van der Waals surface area contributed by atoms with Gasteiger partial charge in [0.1, 0.15) is 0 Å². The van der Waals surface area contributed by atoms with Crippen molar-refractivity contribution in [2.45, 2.75) is 19.8 Å². The Morgan fingerprint density at radius 3 is 2.72 bits per heavy atom. The maximum Gasteiger partial charge on any atom is 0.229 e. The zero-order valence-corrected chi connectivity index (χ0v) is 14.2. The number of hydrogen-bond donors (Lipinski definition) is 1. The van der Waals surface area contributed by atoms with Crippen LogP contribution in [0.2, 0.25) is 0 Å². The Morgan fingerprint density at radius 1 is 1.28 bits per heavy atom. The average molecular weight is 332 g/mol. The first kappa shape index (κ1) is 16.8. The number of benzene rings is 2. The van der Waals surface area contributed by atoms with Crippen LogP contribution in [0, 0.1) is 18.3 Å². The Morgan fingerprint density at radius 2 is 2.04 bits per heavy atom. The van der Waals surface area contributed by atoms with Crippen LogP contribution >= 0.6 is 0 Å². The molecular weight excluding hydrogens is 312 g/mol. The van der Waals surface area contributed by atoms with Gasteiger partial charge < -0.3 is 10.2 Å². The number of carbonyl (C=O) groups excluding carboxylic acids is 2. The SMILES string of the molecule is C#Cc1cccc(NC(=O)C2CC(=O)N(c3ccc(CC)cc3)C2)c1. The molecular formula is C21H20N2O2. The Bertz CT molecular complexity index is 834. The predicted molar refractivity (Wildman–Crippen MR) is 99.3 cm³/mol. The lowest BCUT2D eigenvalue weighted by Gasteiger charge is -2.17. The van der Waals surface area contributed by atoms with E-state index >= 15 is 0 Å². The number of anilines is 2. The van der Waals surface area contributed by atoms with Crippen LogP contribution in [-0.2, 0) is 16.0 Å². The lowest BCUT2D eigenvalue weighted by atomic mass is 10.1. The van der Waals surface area contributed by atoms with Crippen LogP contribution in [0.25, 0.3) is 0 Å². The third kappa shape index (κ3) is 3.72. The number of carbonyl (C=O) groups is 2. The van der Waals surface area contributed by atoms with Crippen molar-refractivity contribution in [3.63, 3.8) is 0 Å². The molecule has 0 radical (unpaired) electrons. The van der Waals surface area contributed by atoms with Gasteiger partial charge in [-0.1, -0.05) is 31.0 Å². The highest BCUT2D eigenvalue weighted by Gasteiger charge is 2.35. The zero-order valence-electron chi connectivity index (χ0n) is 14.2. The summed E-state index contributed by atoms with van der Waals surface area (Å²) in [5, 5.41) is 2.86. The fourth-order valence-electron chi connectivity index (χ4n) is 2.98. The van der Waals surface area contributed by atoms with E-state index in [0.717, 1.165) is 12.1 Å². The molecule has 0 bridgehead atoms. The van der Waals surface area contributed by atoms with Crippen molar-refractivity contribution in [3.8, 4) is 12.3 Å². The lowest BCUT2D eigenvalue weighted by molar-refractivity contribution is -0.122. The van der Waals surface area contributed by atoms with Crippen LogP contribution in [0.3, 0.4) is 0 Å². The van der Waals surface area contributed by atoms with E-state index in [0.29, 0.717) is 17.8 Å². The molecule has 25 heavy (non-hydrogen) atoms. The van der Waals surface area contributed by atoms with Gasteiger partial charge in [0.05, 0.1) is 5.92 Å². The molecule has 126 valence electrons. The number of nitrogens with one attached hydrogen (secondary N) is 1. The number of amides is 2. The molecule has 1 N–H and O–H groups in total. The summed E-state index contributed by atoms with van der Waals surface area (Å²) in [6.45, 7) is 2.48. The molecule has 0 aromatic heterocycles. The maximum atomic E-state index is 12.5. The average Bonchev–Trinajstić information content (AvgIpc) is 3.04. The van der Waals surface area contributed by atoms with Gasteiger partial charge in [0, 0.05) is 29.9 Å². The molecule has 1 atom stereocenters. The van der Waals surface area contributed by atoms with Gasteiger partial charge in [-0.3, -0.25) is 9.59 Å². The predicted octanol–water partition coefficient (Wildman–Crippen LogP) is 3.22. The number of terminal acetylenes is 1. The highest BCUT2D eigenvalue weighted by molar-refractivity contribution is 6.03. The molecule has 2 amide bonds. The molecule has 2 aromatic carbocycles. The van der Waals surface area contributed by atoms with E-state index in [9.17, 15) is 9.59 Å². The van der Waals surface area contributed by atoms with Crippen molar-refractivity contribution < 1.29 is 9.59 Å². The minimum absolute atomic E-state index is 0.0261. The summed E-state index contributed by atoms with van der Waals surface area (Å²) >= 11 is 0. The van der Waals surface area contributed by atoms with E-state index in [1.165, 1.54) is 5.56 Å². The van der Waals surface area contributed by atoms with Crippen LogP contribution in [0.4, 0.5) is 11.4 Å². The normalized spacial score (nSPS) is 16.6. The van der Waals surface area contributed by atoms with Crippen molar-refractivity contribution in [1.29, 1.82) is 0 Å². The summed E-state index contributed by atoms with van der Waals surface area (Å²) in [5.74, 6) is 1.99. The fraction of sp³-hybridized carbons (Fsp3) is 0.238. The topological polar surface area (TPSA) is 49.4 Å². The van der Waals surface area contributed by atoms with Gasteiger partial charge in [-0.05, 0) is 42.3 Å². The smallest absolute Gasteiger partial charge is 0.229 e. The summed E-state index contributed by atoms with van der Waals surface area (Å²) in [4.78, 5) is 26.5. The number of aryl methyl sites for hydroxylation is 1. The molecule has 4 heteroatoms. The molecule has 2 aromatic rings. The van der Waals surface area contributed by atoms with Crippen molar-refractivity contribution in [3.05, 3.63) is 59.7 Å². The first-order valence-electron chi connectivity index (χ1n) is 8.37. The van der Waals surface area contributed by atoms with E-state index in [2.05, 4.69) is 18.2 Å². The van der Waals surface area contributed by atoms with E-state index in [1.807, 2.05) is 24.3 Å². The Hall–Kier alpha value is -3.06. The van der Waals surface area contributed by atoms with Gasteiger partial charge in [-0.15, -0.1) is 6.42 Å². The molecule has 3 rings (SSSR count). The van der Waals surface area contributed by atoms with Gasteiger partial charge in [-0.2, -0.15) is 0 Å². The molecule has 0 aliphatic carbocycles. The van der Waals surface area contributed by atoms with E-state index in [1.54, 1.807) is 29.2 Å². The van der Waals surface area contributed by atoms with Crippen molar-refractivity contribution >= 4 is 23.2 Å². The van der Waals surface area contributed by atoms with Crippen molar-refractivity contribution in [2.75, 3.05) is 16.8 Å². The summed E-state index contributed by atoms with van der Waals surface area (Å²) in [6, 6.07) is 15.0.